The Labute approximate surface area is 87.6 Å². The summed E-state index contributed by atoms with van der Waals surface area (Å²) in [4.78, 5) is 11.7. The van der Waals surface area contributed by atoms with Gasteiger partial charge in [0.25, 0.3) is 0 Å². The van der Waals surface area contributed by atoms with Crippen molar-refractivity contribution in [3.05, 3.63) is 12.3 Å². The molecule has 2 heterocycles. The summed E-state index contributed by atoms with van der Waals surface area (Å²) in [5.74, 6) is 0.602. The number of anilines is 1. The molecule has 0 aliphatic carbocycles. The standard InChI is InChI=1S/C9H14N4O2/c1-13-8(2-3-11-13)12-9(14)7-6-15-5-4-10-7/h2-3,7,10H,4-6H2,1H3,(H,12,14). The van der Waals surface area contributed by atoms with Gasteiger partial charge in [-0.1, -0.05) is 0 Å². The smallest absolute Gasteiger partial charge is 0.245 e. The van der Waals surface area contributed by atoms with Gasteiger partial charge in [0.05, 0.1) is 19.4 Å². The molecular weight excluding hydrogens is 196 g/mol. The van der Waals surface area contributed by atoms with Crippen LogP contribution in [0.2, 0.25) is 0 Å². The zero-order chi connectivity index (χ0) is 10.7. The average Bonchev–Trinajstić information content (AvgIpc) is 2.66. The molecule has 1 saturated heterocycles. The molecule has 0 aromatic carbocycles. The summed E-state index contributed by atoms with van der Waals surface area (Å²) in [7, 11) is 1.78. The van der Waals surface area contributed by atoms with E-state index in [1.54, 1.807) is 24.0 Å². The molecule has 1 atom stereocenters. The molecule has 2 N–H and O–H groups in total. The maximum Gasteiger partial charge on any atom is 0.245 e. The summed E-state index contributed by atoms with van der Waals surface area (Å²) in [5.41, 5.74) is 0. The highest BCUT2D eigenvalue weighted by atomic mass is 16.5. The van der Waals surface area contributed by atoms with Crippen LogP contribution < -0.4 is 10.6 Å². The molecule has 6 heteroatoms. The highest BCUT2D eigenvalue weighted by Gasteiger charge is 2.21. The minimum Gasteiger partial charge on any atom is -0.378 e. The Morgan fingerprint density at radius 2 is 2.67 bits per heavy atom. The van der Waals surface area contributed by atoms with E-state index >= 15 is 0 Å². The van der Waals surface area contributed by atoms with Crippen molar-refractivity contribution in [2.45, 2.75) is 6.04 Å². The molecule has 15 heavy (non-hydrogen) atoms. The second-order valence-electron chi connectivity index (χ2n) is 3.41. The minimum absolute atomic E-state index is 0.0849. The van der Waals surface area contributed by atoms with Crippen LogP contribution in [0.15, 0.2) is 12.3 Å². The number of amides is 1. The normalized spacial score (nSPS) is 21.3. The second-order valence-corrected chi connectivity index (χ2v) is 3.41. The van der Waals surface area contributed by atoms with Gasteiger partial charge in [-0.3, -0.25) is 9.48 Å². The predicted molar refractivity (Wildman–Crippen MR) is 54.4 cm³/mol. The molecule has 1 aromatic heterocycles. The van der Waals surface area contributed by atoms with E-state index in [0.717, 1.165) is 0 Å². The average molecular weight is 210 g/mol. The first-order chi connectivity index (χ1) is 7.27. The van der Waals surface area contributed by atoms with Gasteiger partial charge in [-0.15, -0.1) is 0 Å². The van der Waals surface area contributed by atoms with E-state index in [1.807, 2.05) is 0 Å². The maximum atomic E-state index is 11.7. The van der Waals surface area contributed by atoms with Crippen molar-refractivity contribution in [2.75, 3.05) is 25.1 Å². The van der Waals surface area contributed by atoms with E-state index < -0.39 is 0 Å². The number of rotatable bonds is 2. The highest BCUT2D eigenvalue weighted by Crippen LogP contribution is 2.04. The van der Waals surface area contributed by atoms with Gasteiger partial charge >= 0.3 is 0 Å². The number of hydrogen-bond donors (Lipinski definition) is 2. The third kappa shape index (κ3) is 2.34. The fourth-order valence-corrected chi connectivity index (χ4v) is 1.44. The zero-order valence-electron chi connectivity index (χ0n) is 8.56. The Bertz CT molecular complexity index is 344. The summed E-state index contributed by atoms with van der Waals surface area (Å²) < 4.78 is 6.82. The molecule has 0 bridgehead atoms. The van der Waals surface area contributed by atoms with Crippen molar-refractivity contribution in [1.82, 2.24) is 15.1 Å². The SMILES string of the molecule is Cn1nccc1NC(=O)C1COCCN1. The summed E-state index contributed by atoms with van der Waals surface area (Å²) in [6.07, 6.45) is 1.64. The van der Waals surface area contributed by atoms with Crippen LogP contribution in [0.3, 0.4) is 0 Å². The molecule has 6 nitrogen and oxygen atoms in total. The lowest BCUT2D eigenvalue weighted by atomic mass is 10.2. The summed E-state index contributed by atoms with van der Waals surface area (Å²) >= 11 is 0. The number of aromatic nitrogens is 2. The number of nitrogens with zero attached hydrogens (tertiary/aromatic N) is 2. The fourth-order valence-electron chi connectivity index (χ4n) is 1.44. The maximum absolute atomic E-state index is 11.7. The van der Waals surface area contributed by atoms with E-state index in [2.05, 4.69) is 15.7 Å². The van der Waals surface area contributed by atoms with Crippen LogP contribution in [0.4, 0.5) is 5.82 Å². The summed E-state index contributed by atoms with van der Waals surface area (Å²) in [6.45, 7) is 1.79. The van der Waals surface area contributed by atoms with E-state index in [-0.39, 0.29) is 11.9 Å². The van der Waals surface area contributed by atoms with Crippen molar-refractivity contribution in [3.8, 4) is 0 Å². The third-order valence-electron chi connectivity index (χ3n) is 2.31. The lowest BCUT2D eigenvalue weighted by Gasteiger charge is -2.22. The molecule has 0 spiro atoms. The Balaban J connectivity index is 1.94. The number of carbonyl (C=O) groups is 1. The molecule has 0 saturated carbocycles. The minimum atomic E-state index is -0.270. The molecule has 82 valence electrons. The van der Waals surface area contributed by atoms with Crippen molar-refractivity contribution < 1.29 is 9.53 Å². The van der Waals surface area contributed by atoms with Gasteiger partial charge in [-0.05, 0) is 0 Å². The summed E-state index contributed by atoms with van der Waals surface area (Å²) in [6, 6.07) is 1.48. The number of carbonyl (C=O) groups excluding carboxylic acids is 1. The Morgan fingerprint density at radius 3 is 3.27 bits per heavy atom. The Kier molecular flexibility index (Phi) is 2.98. The topological polar surface area (TPSA) is 68.2 Å². The molecule has 1 amide bonds. The van der Waals surface area contributed by atoms with Crippen LogP contribution in [-0.2, 0) is 16.6 Å². The molecule has 1 unspecified atom stereocenters. The van der Waals surface area contributed by atoms with Gasteiger partial charge < -0.3 is 15.4 Å². The Hall–Kier alpha value is -1.40. The number of hydrogen-bond acceptors (Lipinski definition) is 4. The van der Waals surface area contributed by atoms with Crippen molar-refractivity contribution in [3.63, 3.8) is 0 Å². The highest BCUT2D eigenvalue weighted by molar-refractivity contribution is 5.94. The van der Waals surface area contributed by atoms with Crippen LogP contribution in [0.1, 0.15) is 0 Å². The van der Waals surface area contributed by atoms with Crippen LogP contribution in [0.25, 0.3) is 0 Å². The second kappa shape index (κ2) is 4.41. The van der Waals surface area contributed by atoms with Gasteiger partial charge in [0.1, 0.15) is 11.9 Å². The quantitative estimate of drug-likeness (QED) is 0.680. The number of morpholine rings is 1. The lowest BCUT2D eigenvalue weighted by molar-refractivity contribution is -0.120. The van der Waals surface area contributed by atoms with Crippen molar-refractivity contribution >= 4 is 11.7 Å². The predicted octanol–water partition coefficient (Wildman–Crippen LogP) is -0.653. The lowest BCUT2D eigenvalue weighted by Crippen LogP contribution is -2.49. The number of aryl methyl sites for hydroxylation is 1. The van der Waals surface area contributed by atoms with E-state index in [9.17, 15) is 4.79 Å². The van der Waals surface area contributed by atoms with Crippen molar-refractivity contribution in [1.29, 1.82) is 0 Å². The molecule has 2 rings (SSSR count). The zero-order valence-corrected chi connectivity index (χ0v) is 8.56. The van der Waals surface area contributed by atoms with Crippen LogP contribution in [0.5, 0.6) is 0 Å². The first kappa shape index (κ1) is 10.1. The van der Waals surface area contributed by atoms with Crippen LogP contribution in [-0.4, -0.2) is 41.5 Å². The van der Waals surface area contributed by atoms with Gasteiger partial charge in [0, 0.05) is 19.7 Å². The third-order valence-corrected chi connectivity index (χ3v) is 2.31. The fraction of sp³-hybridized carbons (Fsp3) is 0.556. The van der Waals surface area contributed by atoms with Crippen LogP contribution in [0, 0.1) is 0 Å². The molecule has 1 aliphatic heterocycles. The summed E-state index contributed by atoms with van der Waals surface area (Å²) in [5, 5.41) is 9.83. The van der Waals surface area contributed by atoms with Gasteiger partial charge in [-0.2, -0.15) is 5.10 Å². The molecule has 1 aliphatic rings. The first-order valence-corrected chi connectivity index (χ1v) is 4.87. The van der Waals surface area contributed by atoms with Crippen LogP contribution >= 0.6 is 0 Å². The van der Waals surface area contributed by atoms with Gasteiger partial charge in [-0.25, -0.2) is 0 Å². The van der Waals surface area contributed by atoms with Gasteiger partial charge in [0.15, 0.2) is 0 Å². The van der Waals surface area contributed by atoms with Crippen molar-refractivity contribution in [2.24, 2.45) is 7.05 Å². The molecule has 1 aromatic rings. The number of nitrogens with one attached hydrogen (secondary N) is 2. The largest absolute Gasteiger partial charge is 0.378 e. The molecule has 1 fully saturated rings. The first-order valence-electron chi connectivity index (χ1n) is 4.87. The molecule has 0 radical (unpaired) electrons. The van der Waals surface area contributed by atoms with Gasteiger partial charge in [0.2, 0.25) is 5.91 Å². The van der Waals surface area contributed by atoms with E-state index in [1.165, 1.54) is 0 Å². The number of ether oxygens (including phenoxy) is 1. The monoisotopic (exact) mass is 210 g/mol. The molecular formula is C9H14N4O2. The van der Waals surface area contributed by atoms with E-state index in [0.29, 0.717) is 25.6 Å². The van der Waals surface area contributed by atoms with E-state index in [4.69, 9.17) is 4.74 Å². The Morgan fingerprint density at radius 1 is 1.80 bits per heavy atom.